The Bertz CT molecular complexity index is 200. The molecule has 0 aromatic rings. The van der Waals surface area contributed by atoms with E-state index < -0.39 is 0 Å². The van der Waals surface area contributed by atoms with Crippen LogP contribution in [0.2, 0.25) is 0 Å². The van der Waals surface area contributed by atoms with Gasteiger partial charge in [0.05, 0.1) is 0 Å². The lowest BCUT2D eigenvalue weighted by Gasteiger charge is -2.37. The molecule has 0 aliphatic carbocycles. The van der Waals surface area contributed by atoms with E-state index in [1.54, 1.807) is 0 Å². The van der Waals surface area contributed by atoms with Crippen molar-refractivity contribution in [2.75, 3.05) is 32.8 Å². The largest absolute Gasteiger partial charge is 0.381 e. The average Bonchev–Trinajstić information content (AvgIpc) is 2.35. The first-order valence-corrected chi connectivity index (χ1v) is 7.05. The van der Waals surface area contributed by atoms with Crippen molar-refractivity contribution >= 4 is 0 Å². The second kappa shape index (κ2) is 7.34. The highest BCUT2D eigenvalue weighted by Gasteiger charge is 2.30. The van der Waals surface area contributed by atoms with Gasteiger partial charge in [0.2, 0.25) is 0 Å². The summed E-state index contributed by atoms with van der Waals surface area (Å²) >= 11 is 0. The summed E-state index contributed by atoms with van der Waals surface area (Å²) in [6.45, 7) is 11.8. The van der Waals surface area contributed by atoms with Gasteiger partial charge in [-0.15, -0.1) is 0 Å². The highest BCUT2D eigenvalue weighted by Crippen LogP contribution is 2.33. The molecule has 0 aromatic heterocycles. The van der Waals surface area contributed by atoms with Gasteiger partial charge in [-0.05, 0) is 49.6 Å². The minimum atomic E-state index is 0.385. The molecular formula is C14H30N2O. The van der Waals surface area contributed by atoms with Gasteiger partial charge in [-0.2, -0.15) is 0 Å². The van der Waals surface area contributed by atoms with Gasteiger partial charge < -0.3 is 15.8 Å². The van der Waals surface area contributed by atoms with E-state index in [9.17, 15) is 0 Å². The number of hydrogen-bond acceptors (Lipinski definition) is 3. The molecule has 3 N–H and O–H groups in total. The Hall–Kier alpha value is -0.120. The topological polar surface area (TPSA) is 47.3 Å². The van der Waals surface area contributed by atoms with Crippen molar-refractivity contribution in [2.45, 2.75) is 40.0 Å². The van der Waals surface area contributed by atoms with Crippen molar-refractivity contribution in [1.82, 2.24) is 5.32 Å². The lowest BCUT2D eigenvalue weighted by molar-refractivity contribution is 0.0228. The maximum atomic E-state index is 5.62. The van der Waals surface area contributed by atoms with Crippen LogP contribution in [0.1, 0.15) is 40.0 Å². The van der Waals surface area contributed by atoms with Crippen LogP contribution in [0, 0.1) is 17.3 Å². The van der Waals surface area contributed by atoms with Crippen molar-refractivity contribution in [2.24, 2.45) is 23.0 Å². The van der Waals surface area contributed by atoms with Gasteiger partial charge in [0.15, 0.2) is 0 Å². The van der Waals surface area contributed by atoms with Gasteiger partial charge in [-0.3, -0.25) is 0 Å². The van der Waals surface area contributed by atoms with E-state index in [0.717, 1.165) is 38.8 Å². The standard InChI is InChI=1S/C14H30N2O/c1-12(10-15)4-7-16-11-14(2,3)13-5-8-17-9-6-13/h12-13,16H,4-11,15H2,1-3H3. The Kier molecular flexibility index (Phi) is 6.45. The maximum Gasteiger partial charge on any atom is 0.0468 e. The first-order valence-electron chi connectivity index (χ1n) is 7.05. The highest BCUT2D eigenvalue weighted by molar-refractivity contribution is 4.82. The number of hydrogen-bond donors (Lipinski definition) is 2. The van der Waals surface area contributed by atoms with Crippen LogP contribution in [0.5, 0.6) is 0 Å². The Balaban J connectivity index is 2.19. The summed E-state index contributed by atoms with van der Waals surface area (Å²) < 4.78 is 5.43. The van der Waals surface area contributed by atoms with E-state index in [2.05, 4.69) is 26.1 Å². The van der Waals surface area contributed by atoms with Crippen molar-refractivity contribution < 1.29 is 4.74 Å². The van der Waals surface area contributed by atoms with Crippen LogP contribution in [0.15, 0.2) is 0 Å². The second-order valence-corrected chi connectivity index (χ2v) is 6.18. The molecule has 1 aliphatic heterocycles. The van der Waals surface area contributed by atoms with Crippen LogP contribution >= 0.6 is 0 Å². The summed E-state index contributed by atoms with van der Waals surface area (Å²) in [5.41, 5.74) is 6.00. The van der Waals surface area contributed by atoms with Crippen LogP contribution in [0.3, 0.4) is 0 Å². The molecule has 0 amide bonds. The summed E-state index contributed by atoms with van der Waals surface area (Å²) in [6, 6.07) is 0. The van der Waals surface area contributed by atoms with Crippen molar-refractivity contribution in [1.29, 1.82) is 0 Å². The van der Waals surface area contributed by atoms with E-state index in [1.807, 2.05) is 0 Å². The third kappa shape index (κ3) is 5.36. The van der Waals surface area contributed by atoms with E-state index in [-0.39, 0.29) is 0 Å². The Morgan fingerprint density at radius 2 is 2.00 bits per heavy atom. The Morgan fingerprint density at radius 1 is 1.35 bits per heavy atom. The molecule has 0 radical (unpaired) electrons. The zero-order chi connectivity index (χ0) is 12.7. The molecule has 1 saturated heterocycles. The van der Waals surface area contributed by atoms with Gasteiger partial charge in [-0.25, -0.2) is 0 Å². The van der Waals surface area contributed by atoms with E-state index in [4.69, 9.17) is 10.5 Å². The molecule has 1 heterocycles. The van der Waals surface area contributed by atoms with E-state index in [0.29, 0.717) is 11.3 Å². The SMILES string of the molecule is CC(CN)CCNCC(C)(C)C1CCOCC1. The summed E-state index contributed by atoms with van der Waals surface area (Å²) in [5.74, 6) is 1.43. The average molecular weight is 242 g/mol. The van der Waals surface area contributed by atoms with Crippen LogP contribution in [-0.4, -0.2) is 32.8 Å². The normalized spacial score (nSPS) is 20.5. The van der Waals surface area contributed by atoms with Crippen molar-refractivity contribution in [3.63, 3.8) is 0 Å². The predicted octanol–water partition coefficient (Wildman–Crippen LogP) is 2.01. The number of rotatable bonds is 7. The third-order valence-corrected chi connectivity index (χ3v) is 4.12. The molecule has 1 atom stereocenters. The Morgan fingerprint density at radius 3 is 2.59 bits per heavy atom. The zero-order valence-corrected chi connectivity index (χ0v) is 11.8. The van der Waals surface area contributed by atoms with Crippen LogP contribution < -0.4 is 11.1 Å². The molecule has 0 saturated carbocycles. The number of nitrogens with one attached hydrogen (secondary N) is 1. The molecule has 1 aliphatic rings. The van der Waals surface area contributed by atoms with Gasteiger partial charge in [-0.1, -0.05) is 20.8 Å². The molecule has 3 heteroatoms. The quantitative estimate of drug-likeness (QED) is 0.671. The third-order valence-electron chi connectivity index (χ3n) is 4.12. The molecular weight excluding hydrogens is 212 g/mol. The summed E-state index contributed by atoms with van der Waals surface area (Å²) in [5, 5.41) is 3.59. The smallest absolute Gasteiger partial charge is 0.0468 e. The lowest BCUT2D eigenvalue weighted by atomic mass is 9.74. The monoisotopic (exact) mass is 242 g/mol. The summed E-state index contributed by atoms with van der Waals surface area (Å²) in [4.78, 5) is 0. The van der Waals surface area contributed by atoms with Gasteiger partial charge in [0.1, 0.15) is 0 Å². The first kappa shape index (κ1) is 14.9. The molecule has 0 spiro atoms. The summed E-state index contributed by atoms with van der Waals surface area (Å²) in [6.07, 6.45) is 3.61. The van der Waals surface area contributed by atoms with Crippen molar-refractivity contribution in [3.05, 3.63) is 0 Å². The fourth-order valence-corrected chi connectivity index (χ4v) is 2.50. The van der Waals surface area contributed by atoms with Crippen LogP contribution in [-0.2, 0) is 4.74 Å². The number of ether oxygens (including phenoxy) is 1. The van der Waals surface area contributed by atoms with Crippen LogP contribution in [0.25, 0.3) is 0 Å². The highest BCUT2D eigenvalue weighted by atomic mass is 16.5. The molecule has 17 heavy (non-hydrogen) atoms. The first-order chi connectivity index (χ1) is 8.06. The molecule has 1 fully saturated rings. The molecule has 1 unspecified atom stereocenters. The van der Waals surface area contributed by atoms with Crippen LogP contribution in [0.4, 0.5) is 0 Å². The number of nitrogens with two attached hydrogens (primary N) is 1. The molecule has 0 aromatic carbocycles. The van der Waals surface area contributed by atoms with E-state index >= 15 is 0 Å². The minimum absolute atomic E-state index is 0.385. The maximum absolute atomic E-state index is 5.62. The minimum Gasteiger partial charge on any atom is -0.381 e. The van der Waals surface area contributed by atoms with Gasteiger partial charge in [0, 0.05) is 19.8 Å². The van der Waals surface area contributed by atoms with Crippen molar-refractivity contribution in [3.8, 4) is 0 Å². The summed E-state index contributed by atoms with van der Waals surface area (Å²) in [7, 11) is 0. The fraction of sp³-hybridized carbons (Fsp3) is 1.00. The zero-order valence-electron chi connectivity index (χ0n) is 11.8. The van der Waals surface area contributed by atoms with E-state index in [1.165, 1.54) is 19.3 Å². The lowest BCUT2D eigenvalue weighted by Crippen LogP contribution is -2.39. The second-order valence-electron chi connectivity index (χ2n) is 6.18. The van der Waals surface area contributed by atoms with Gasteiger partial charge in [0.25, 0.3) is 0 Å². The molecule has 3 nitrogen and oxygen atoms in total. The Labute approximate surface area is 106 Å². The molecule has 1 rings (SSSR count). The molecule has 0 bridgehead atoms. The van der Waals surface area contributed by atoms with Gasteiger partial charge >= 0.3 is 0 Å². The fourth-order valence-electron chi connectivity index (χ4n) is 2.50. The molecule has 102 valence electrons. The predicted molar refractivity (Wildman–Crippen MR) is 73.0 cm³/mol.